The van der Waals surface area contributed by atoms with Crippen LogP contribution in [0.15, 0.2) is 42.1 Å². The van der Waals surface area contributed by atoms with Crippen LogP contribution in [-0.2, 0) is 5.41 Å². The van der Waals surface area contributed by atoms with E-state index in [1.54, 1.807) is 5.56 Å². The zero-order valence-corrected chi connectivity index (χ0v) is 17.8. The van der Waals surface area contributed by atoms with Crippen molar-refractivity contribution in [3.63, 3.8) is 0 Å². The number of hydrogen-bond donors (Lipinski definition) is 2. The molecule has 3 nitrogen and oxygen atoms in total. The minimum Gasteiger partial charge on any atom is -0.402 e. The van der Waals surface area contributed by atoms with Crippen LogP contribution in [0.2, 0.25) is 0 Å². The average molecular weight is 392 g/mol. The molecule has 1 aromatic carbocycles. The second-order valence-electron chi connectivity index (χ2n) is 10.1. The lowest BCUT2D eigenvalue weighted by molar-refractivity contribution is 0.163. The zero-order valence-electron chi connectivity index (χ0n) is 17.8. The summed E-state index contributed by atoms with van der Waals surface area (Å²) < 4.78 is 0. The van der Waals surface area contributed by atoms with E-state index in [4.69, 9.17) is 5.73 Å². The number of benzene rings is 1. The van der Waals surface area contributed by atoms with Crippen molar-refractivity contribution >= 4 is 5.57 Å². The third-order valence-electron chi connectivity index (χ3n) is 7.48. The largest absolute Gasteiger partial charge is 0.402 e. The Morgan fingerprint density at radius 3 is 2.21 bits per heavy atom. The summed E-state index contributed by atoms with van der Waals surface area (Å²) in [5.74, 6) is 1.95. The van der Waals surface area contributed by atoms with Crippen LogP contribution in [0, 0.1) is 11.8 Å². The third-order valence-corrected chi connectivity index (χ3v) is 7.48. The molecule has 29 heavy (non-hydrogen) atoms. The van der Waals surface area contributed by atoms with Crippen LogP contribution in [0.25, 0.3) is 5.57 Å². The molecule has 3 fully saturated rings. The second-order valence-corrected chi connectivity index (χ2v) is 10.1. The third kappa shape index (κ3) is 4.78. The molecular formula is C26H37N3. The Labute approximate surface area is 176 Å². The normalized spacial score (nSPS) is 24.3. The van der Waals surface area contributed by atoms with Crippen molar-refractivity contribution in [1.82, 2.24) is 10.2 Å². The number of hydrogen-bond acceptors (Lipinski definition) is 3. The molecule has 3 N–H and O–H groups in total. The van der Waals surface area contributed by atoms with Gasteiger partial charge in [-0.1, -0.05) is 30.3 Å². The van der Waals surface area contributed by atoms with Crippen LogP contribution in [0.4, 0.5) is 0 Å². The molecular weight excluding hydrogens is 354 g/mol. The molecule has 1 aliphatic heterocycles. The van der Waals surface area contributed by atoms with Crippen molar-refractivity contribution in [3.8, 4) is 0 Å². The van der Waals surface area contributed by atoms with Crippen LogP contribution in [0.5, 0.6) is 0 Å². The number of rotatable bonds is 8. The standard InChI is InChI=1S/C26H37N3/c27-25-3-1-2-23(16-25)22-8-10-24(11-9-22)26(12-14-28-15-13-26)19-29(17-20-4-5-20)18-21-6-7-21/h2,8-11,16,20-21,28H,1,3-7,12-15,17-19,27H2. The van der Waals surface area contributed by atoms with Gasteiger partial charge in [-0.25, -0.2) is 0 Å². The number of piperidine rings is 1. The van der Waals surface area contributed by atoms with Crippen molar-refractivity contribution in [2.75, 3.05) is 32.7 Å². The van der Waals surface area contributed by atoms with E-state index in [0.717, 1.165) is 43.5 Å². The Hall–Kier alpha value is -1.58. The maximum atomic E-state index is 6.08. The monoisotopic (exact) mass is 391 g/mol. The van der Waals surface area contributed by atoms with Gasteiger partial charge in [0.05, 0.1) is 0 Å². The van der Waals surface area contributed by atoms with Gasteiger partial charge in [0.15, 0.2) is 0 Å². The first-order valence-electron chi connectivity index (χ1n) is 11.9. The van der Waals surface area contributed by atoms with Crippen molar-refractivity contribution in [1.29, 1.82) is 0 Å². The molecule has 5 rings (SSSR count). The lowest BCUT2D eigenvalue weighted by atomic mass is 9.72. The van der Waals surface area contributed by atoms with Crippen molar-refractivity contribution in [2.45, 2.75) is 56.8 Å². The van der Waals surface area contributed by atoms with Crippen LogP contribution in [0.3, 0.4) is 0 Å². The van der Waals surface area contributed by atoms with Gasteiger partial charge in [0.25, 0.3) is 0 Å². The predicted molar refractivity (Wildman–Crippen MR) is 122 cm³/mol. The van der Waals surface area contributed by atoms with Crippen LogP contribution in [0.1, 0.15) is 62.5 Å². The fraction of sp³-hybridized carbons (Fsp3) is 0.615. The fourth-order valence-corrected chi connectivity index (χ4v) is 5.35. The quantitative estimate of drug-likeness (QED) is 0.688. The zero-order chi connectivity index (χ0) is 19.7. The van der Waals surface area contributed by atoms with Gasteiger partial charge in [-0.3, -0.25) is 0 Å². The van der Waals surface area contributed by atoms with E-state index in [0.29, 0.717) is 5.41 Å². The van der Waals surface area contributed by atoms with E-state index < -0.39 is 0 Å². The Morgan fingerprint density at radius 2 is 1.62 bits per heavy atom. The fourth-order valence-electron chi connectivity index (χ4n) is 5.35. The highest BCUT2D eigenvalue weighted by Crippen LogP contribution is 2.39. The van der Waals surface area contributed by atoms with Crippen molar-refractivity contribution in [3.05, 3.63) is 53.2 Å². The molecule has 3 heteroatoms. The van der Waals surface area contributed by atoms with Gasteiger partial charge in [-0.15, -0.1) is 0 Å². The highest BCUT2D eigenvalue weighted by atomic mass is 15.1. The molecule has 0 bridgehead atoms. The van der Waals surface area contributed by atoms with E-state index in [2.05, 4.69) is 46.6 Å². The van der Waals surface area contributed by atoms with Gasteiger partial charge in [0.2, 0.25) is 0 Å². The molecule has 1 heterocycles. The molecule has 0 aromatic heterocycles. The summed E-state index contributed by atoms with van der Waals surface area (Å²) in [5, 5.41) is 3.61. The maximum absolute atomic E-state index is 6.08. The van der Waals surface area contributed by atoms with Crippen molar-refractivity contribution in [2.24, 2.45) is 17.6 Å². The van der Waals surface area contributed by atoms with Crippen LogP contribution < -0.4 is 11.1 Å². The van der Waals surface area contributed by atoms with E-state index in [1.165, 1.54) is 69.3 Å². The molecule has 1 saturated heterocycles. The maximum Gasteiger partial charge on any atom is 0.0104 e. The molecule has 1 aromatic rings. The summed E-state index contributed by atoms with van der Waals surface area (Å²) in [7, 11) is 0. The SMILES string of the molecule is NC1=CC(c2ccc(C3(CN(CC4CC4)CC4CC4)CCNCC3)cc2)=CCC1. The van der Waals surface area contributed by atoms with E-state index >= 15 is 0 Å². The molecule has 0 amide bonds. The Kier molecular flexibility index (Phi) is 5.53. The molecule has 2 saturated carbocycles. The Morgan fingerprint density at radius 1 is 0.966 bits per heavy atom. The van der Waals surface area contributed by atoms with Gasteiger partial charge < -0.3 is 16.0 Å². The lowest BCUT2D eigenvalue weighted by Gasteiger charge is -2.42. The van der Waals surface area contributed by atoms with Crippen molar-refractivity contribution < 1.29 is 0 Å². The molecule has 156 valence electrons. The summed E-state index contributed by atoms with van der Waals surface area (Å²) in [6.07, 6.45) is 14.9. The summed E-state index contributed by atoms with van der Waals surface area (Å²) in [4.78, 5) is 2.85. The molecule has 0 unspecified atom stereocenters. The Balaban J connectivity index is 1.37. The van der Waals surface area contributed by atoms with E-state index in [1.807, 2.05) is 0 Å². The molecule has 0 atom stereocenters. The van der Waals surface area contributed by atoms with E-state index in [9.17, 15) is 0 Å². The first-order valence-corrected chi connectivity index (χ1v) is 11.9. The molecule has 0 spiro atoms. The first-order chi connectivity index (χ1) is 14.2. The molecule has 4 aliphatic rings. The summed E-state index contributed by atoms with van der Waals surface area (Å²) in [6.45, 7) is 6.21. The second kappa shape index (κ2) is 8.28. The number of nitrogens with one attached hydrogen (secondary N) is 1. The smallest absolute Gasteiger partial charge is 0.0104 e. The Bertz CT molecular complexity index is 748. The highest BCUT2D eigenvalue weighted by Gasteiger charge is 2.38. The lowest BCUT2D eigenvalue weighted by Crippen LogP contribution is -2.48. The van der Waals surface area contributed by atoms with Gasteiger partial charge in [-0.2, -0.15) is 0 Å². The molecule has 0 radical (unpaired) electrons. The number of nitrogens with zero attached hydrogens (tertiary/aromatic N) is 1. The minimum atomic E-state index is 0.309. The highest BCUT2D eigenvalue weighted by molar-refractivity contribution is 5.75. The number of nitrogens with two attached hydrogens (primary N) is 1. The van der Waals surface area contributed by atoms with Gasteiger partial charge >= 0.3 is 0 Å². The first kappa shape index (κ1) is 19.4. The van der Waals surface area contributed by atoms with Crippen LogP contribution in [-0.4, -0.2) is 37.6 Å². The van der Waals surface area contributed by atoms with E-state index in [-0.39, 0.29) is 0 Å². The molecule has 3 aliphatic carbocycles. The summed E-state index contributed by atoms with van der Waals surface area (Å²) >= 11 is 0. The van der Waals surface area contributed by atoms with Gasteiger partial charge in [0.1, 0.15) is 0 Å². The average Bonchev–Trinajstić information content (AvgIpc) is 3.66. The topological polar surface area (TPSA) is 41.3 Å². The van der Waals surface area contributed by atoms with Gasteiger partial charge in [-0.05, 0) is 99.1 Å². The number of allylic oxidation sites excluding steroid dienone is 4. The summed E-state index contributed by atoms with van der Waals surface area (Å²) in [6, 6.07) is 9.53. The van der Waals surface area contributed by atoms with Crippen LogP contribution >= 0.6 is 0 Å². The predicted octanol–water partition coefficient (Wildman–Crippen LogP) is 4.45. The van der Waals surface area contributed by atoms with Gasteiger partial charge in [0, 0.05) is 30.7 Å². The minimum absolute atomic E-state index is 0.309. The summed E-state index contributed by atoms with van der Waals surface area (Å²) in [5.41, 5.74) is 11.6.